The Morgan fingerprint density at radius 3 is 2.54 bits per heavy atom. The van der Waals surface area contributed by atoms with E-state index in [4.69, 9.17) is 4.42 Å². The second-order valence-corrected chi connectivity index (χ2v) is 11.3. The lowest BCUT2D eigenvalue weighted by molar-refractivity contribution is -0.133. The summed E-state index contributed by atoms with van der Waals surface area (Å²) in [6, 6.07) is 4.30. The van der Waals surface area contributed by atoms with E-state index in [1.165, 1.54) is 12.0 Å². The van der Waals surface area contributed by atoms with Crippen molar-refractivity contribution in [1.82, 2.24) is 29.9 Å². The fourth-order valence-electron chi connectivity index (χ4n) is 5.95. The number of aromatic nitrogens is 3. The highest BCUT2D eigenvalue weighted by Gasteiger charge is 2.48. The first-order chi connectivity index (χ1) is 16.9. The predicted octanol–water partition coefficient (Wildman–Crippen LogP) is 3.94. The van der Waals surface area contributed by atoms with E-state index < -0.39 is 0 Å². The number of aryl methyl sites for hydroxylation is 1. The van der Waals surface area contributed by atoms with E-state index in [1.54, 1.807) is 0 Å². The third-order valence-corrected chi connectivity index (χ3v) is 8.16. The van der Waals surface area contributed by atoms with Gasteiger partial charge < -0.3 is 9.32 Å². The topological polar surface area (TPSA) is 78.6 Å². The minimum atomic E-state index is 0.0223. The molecule has 8 heteroatoms. The molecular weight excluding hydrogens is 440 g/mol. The van der Waals surface area contributed by atoms with Crippen LogP contribution in [-0.2, 0) is 11.3 Å². The summed E-state index contributed by atoms with van der Waals surface area (Å²) in [5.41, 5.74) is 2.53. The van der Waals surface area contributed by atoms with E-state index in [1.807, 2.05) is 6.20 Å². The Balaban J connectivity index is 1.27. The summed E-state index contributed by atoms with van der Waals surface area (Å²) in [5.74, 6) is 1.82. The lowest BCUT2D eigenvalue weighted by atomic mass is 9.76. The molecule has 8 nitrogen and oxygen atoms in total. The van der Waals surface area contributed by atoms with Crippen LogP contribution in [-0.4, -0.2) is 75.1 Å². The molecule has 3 saturated heterocycles. The van der Waals surface area contributed by atoms with Gasteiger partial charge in [-0.2, -0.15) is 0 Å². The van der Waals surface area contributed by atoms with Crippen molar-refractivity contribution in [3.63, 3.8) is 0 Å². The predicted molar refractivity (Wildman–Crippen MR) is 134 cm³/mol. The van der Waals surface area contributed by atoms with Gasteiger partial charge in [-0.1, -0.05) is 19.9 Å². The summed E-state index contributed by atoms with van der Waals surface area (Å²) in [5, 5.41) is 8.75. The number of pyridine rings is 1. The fourth-order valence-corrected chi connectivity index (χ4v) is 5.95. The number of piperidine rings is 2. The summed E-state index contributed by atoms with van der Waals surface area (Å²) in [6.45, 7) is 12.4. The van der Waals surface area contributed by atoms with E-state index in [-0.39, 0.29) is 23.3 Å². The zero-order chi connectivity index (χ0) is 24.4. The first kappa shape index (κ1) is 24.4. The standard InChI is InChI=1S/C27H40N6O2/c1-20(2)25-29-30-26(35-25)23-15-27(19-33(23)18-24(34)32-11-5-4-6-12-32)9-13-31(14-10-27)17-22-8-7-21(3)16-28-22/h7-8,16,20,23H,4-6,9-15,17-19H2,1-3H3. The number of amides is 1. The van der Waals surface area contributed by atoms with Gasteiger partial charge in [0.2, 0.25) is 17.7 Å². The van der Waals surface area contributed by atoms with Crippen LogP contribution in [0.4, 0.5) is 0 Å². The van der Waals surface area contributed by atoms with Crippen LogP contribution in [0.2, 0.25) is 0 Å². The number of hydrogen-bond acceptors (Lipinski definition) is 7. The van der Waals surface area contributed by atoms with Crippen LogP contribution in [0.5, 0.6) is 0 Å². The van der Waals surface area contributed by atoms with E-state index in [0.717, 1.165) is 77.1 Å². The van der Waals surface area contributed by atoms with Crippen LogP contribution in [0.15, 0.2) is 22.7 Å². The van der Waals surface area contributed by atoms with Gasteiger partial charge in [-0.25, -0.2) is 0 Å². The van der Waals surface area contributed by atoms with Gasteiger partial charge in [0.25, 0.3) is 0 Å². The first-order valence-corrected chi connectivity index (χ1v) is 13.4. The lowest BCUT2D eigenvalue weighted by Crippen LogP contribution is -2.44. The Hall–Kier alpha value is -2.32. The smallest absolute Gasteiger partial charge is 0.236 e. The van der Waals surface area contributed by atoms with Crippen molar-refractivity contribution in [2.24, 2.45) is 5.41 Å². The van der Waals surface area contributed by atoms with Crippen molar-refractivity contribution in [2.75, 3.05) is 39.3 Å². The molecule has 2 aromatic heterocycles. The molecule has 1 atom stereocenters. The van der Waals surface area contributed by atoms with Gasteiger partial charge in [0, 0.05) is 38.3 Å². The highest BCUT2D eigenvalue weighted by atomic mass is 16.4. The van der Waals surface area contributed by atoms with Gasteiger partial charge in [0.1, 0.15) is 0 Å². The molecule has 0 aromatic carbocycles. The van der Waals surface area contributed by atoms with Crippen molar-refractivity contribution in [1.29, 1.82) is 0 Å². The molecule has 2 aromatic rings. The molecule has 0 bridgehead atoms. The van der Waals surface area contributed by atoms with Crippen molar-refractivity contribution < 1.29 is 9.21 Å². The van der Waals surface area contributed by atoms with E-state index in [2.05, 4.69) is 62.8 Å². The Labute approximate surface area is 209 Å². The van der Waals surface area contributed by atoms with Gasteiger partial charge in [-0.3, -0.25) is 19.6 Å². The monoisotopic (exact) mass is 480 g/mol. The SMILES string of the molecule is Cc1ccc(CN2CCC3(CC2)CC(c2nnc(C(C)C)o2)N(CC(=O)N2CCCCC2)C3)nc1. The second-order valence-electron chi connectivity index (χ2n) is 11.3. The minimum absolute atomic E-state index is 0.0223. The van der Waals surface area contributed by atoms with E-state index in [9.17, 15) is 4.79 Å². The van der Waals surface area contributed by atoms with Crippen molar-refractivity contribution in [2.45, 2.75) is 77.8 Å². The Kier molecular flexibility index (Phi) is 7.21. The minimum Gasteiger partial charge on any atom is -0.423 e. The molecule has 3 aliphatic heterocycles. The van der Waals surface area contributed by atoms with Gasteiger partial charge >= 0.3 is 0 Å². The molecule has 3 aliphatic rings. The molecule has 5 rings (SSSR count). The maximum absolute atomic E-state index is 13.2. The molecule has 1 amide bonds. The molecule has 3 fully saturated rings. The summed E-state index contributed by atoms with van der Waals surface area (Å²) >= 11 is 0. The molecule has 0 N–H and O–H groups in total. The summed E-state index contributed by atoms with van der Waals surface area (Å²) in [4.78, 5) is 24.7. The number of carbonyl (C=O) groups excluding carboxylic acids is 1. The third-order valence-electron chi connectivity index (χ3n) is 8.16. The summed E-state index contributed by atoms with van der Waals surface area (Å²) in [7, 11) is 0. The zero-order valence-electron chi connectivity index (χ0n) is 21.6. The molecule has 0 radical (unpaired) electrons. The maximum Gasteiger partial charge on any atom is 0.236 e. The molecule has 35 heavy (non-hydrogen) atoms. The molecule has 1 spiro atoms. The molecule has 190 valence electrons. The first-order valence-electron chi connectivity index (χ1n) is 13.4. The van der Waals surface area contributed by atoms with Crippen LogP contribution in [0, 0.1) is 12.3 Å². The average molecular weight is 481 g/mol. The molecule has 5 heterocycles. The number of likely N-dealkylation sites (tertiary alicyclic amines) is 3. The fraction of sp³-hybridized carbons (Fsp3) is 0.704. The number of hydrogen-bond donors (Lipinski definition) is 0. The highest BCUT2D eigenvalue weighted by Crippen LogP contribution is 2.49. The van der Waals surface area contributed by atoms with Crippen LogP contribution in [0.3, 0.4) is 0 Å². The number of nitrogens with zero attached hydrogens (tertiary/aromatic N) is 6. The largest absolute Gasteiger partial charge is 0.423 e. The highest BCUT2D eigenvalue weighted by molar-refractivity contribution is 5.78. The zero-order valence-corrected chi connectivity index (χ0v) is 21.6. The Bertz CT molecular complexity index is 989. The maximum atomic E-state index is 13.2. The van der Waals surface area contributed by atoms with Crippen molar-refractivity contribution in [3.05, 3.63) is 41.4 Å². The summed E-state index contributed by atoms with van der Waals surface area (Å²) in [6.07, 6.45) is 8.64. The number of carbonyl (C=O) groups is 1. The Morgan fingerprint density at radius 2 is 1.89 bits per heavy atom. The second kappa shape index (κ2) is 10.3. The molecular formula is C27H40N6O2. The van der Waals surface area contributed by atoms with E-state index >= 15 is 0 Å². The van der Waals surface area contributed by atoms with Crippen molar-refractivity contribution >= 4 is 5.91 Å². The third kappa shape index (κ3) is 5.59. The van der Waals surface area contributed by atoms with Gasteiger partial charge in [0.15, 0.2) is 0 Å². The van der Waals surface area contributed by atoms with Crippen LogP contribution in [0.1, 0.15) is 87.4 Å². The van der Waals surface area contributed by atoms with Gasteiger partial charge in [-0.15, -0.1) is 10.2 Å². The van der Waals surface area contributed by atoms with Crippen LogP contribution >= 0.6 is 0 Å². The van der Waals surface area contributed by atoms with Crippen LogP contribution in [0.25, 0.3) is 0 Å². The van der Waals surface area contributed by atoms with Gasteiger partial charge in [-0.05, 0) is 75.6 Å². The summed E-state index contributed by atoms with van der Waals surface area (Å²) < 4.78 is 6.12. The quantitative estimate of drug-likeness (QED) is 0.620. The normalized spacial score (nSPS) is 23.4. The average Bonchev–Trinajstić information content (AvgIpc) is 3.48. The van der Waals surface area contributed by atoms with Gasteiger partial charge in [0.05, 0.1) is 18.3 Å². The molecule has 0 aliphatic carbocycles. The van der Waals surface area contributed by atoms with E-state index in [0.29, 0.717) is 18.3 Å². The lowest BCUT2D eigenvalue weighted by Gasteiger charge is -2.39. The number of rotatable bonds is 6. The van der Waals surface area contributed by atoms with Crippen LogP contribution < -0.4 is 0 Å². The molecule has 1 unspecified atom stereocenters. The Morgan fingerprint density at radius 1 is 1.11 bits per heavy atom. The van der Waals surface area contributed by atoms with Crippen molar-refractivity contribution in [3.8, 4) is 0 Å². The molecule has 0 saturated carbocycles.